The lowest BCUT2D eigenvalue weighted by Crippen LogP contribution is -2.19. The molecule has 0 aliphatic rings. The van der Waals surface area contributed by atoms with E-state index in [0.717, 1.165) is 17.3 Å². The molecule has 2 aromatic carbocycles. The molecule has 0 saturated carbocycles. The van der Waals surface area contributed by atoms with Crippen molar-refractivity contribution in [1.82, 2.24) is 9.97 Å². The SMILES string of the molecule is COc1ccc(-c2cc3cc(F)c(F)cc3[nH]2)cc1NC(=S)Nc1cccnc1.Cl. The molecule has 0 spiro atoms. The van der Waals surface area contributed by atoms with Gasteiger partial charge in [-0.05, 0) is 54.7 Å². The topological polar surface area (TPSA) is 62.0 Å². The molecular formula is C21H17ClF2N4OS. The van der Waals surface area contributed by atoms with Crippen molar-refractivity contribution in [3.63, 3.8) is 0 Å². The molecule has 0 aliphatic heterocycles. The van der Waals surface area contributed by atoms with Crippen LogP contribution in [0.1, 0.15) is 0 Å². The summed E-state index contributed by atoms with van der Waals surface area (Å²) in [5.41, 5.74) is 3.41. The van der Waals surface area contributed by atoms with Gasteiger partial charge in [0.15, 0.2) is 16.7 Å². The van der Waals surface area contributed by atoms with E-state index < -0.39 is 11.6 Å². The molecule has 0 fully saturated rings. The zero-order valence-electron chi connectivity index (χ0n) is 15.7. The maximum atomic E-state index is 13.5. The third kappa shape index (κ3) is 4.50. The lowest BCUT2D eigenvalue weighted by molar-refractivity contribution is 0.417. The molecule has 4 aromatic rings. The largest absolute Gasteiger partial charge is 0.495 e. The number of fused-ring (bicyclic) bond motifs is 1. The Bertz CT molecular complexity index is 1160. The van der Waals surface area contributed by atoms with Crippen molar-refractivity contribution in [2.75, 3.05) is 17.7 Å². The van der Waals surface area contributed by atoms with Crippen molar-refractivity contribution < 1.29 is 13.5 Å². The molecule has 0 amide bonds. The van der Waals surface area contributed by atoms with Crippen LogP contribution in [-0.2, 0) is 0 Å². The first-order valence-corrected chi connectivity index (χ1v) is 9.08. The van der Waals surface area contributed by atoms with Crippen LogP contribution in [-0.4, -0.2) is 22.2 Å². The molecule has 0 radical (unpaired) electrons. The minimum atomic E-state index is -0.894. The maximum Gasteiger partial charge on any atom is 0.175 e. The number of aromatic nitrogens is 2. The molecule has 5 nitrogen and oxygen atoms in total. The number of pyridine rings is 1. The van der Waals surface area contributed by atoms with Crippen molar-refractivity contribution in [2.45, 2.75) is 0 Å². The van der Waals surface area contributed by atoms with Gasteiger partial charge in [-0.1, -0.05) is 0 Å². The van der Waals surface area contributed by atoms with Crippen molar-refractivity contribution in [1.29, 1.82) is 0 Å². The number of hydrogen-bond donors (Lipinski definition) is 3. The van der Waals surface area contributed by atoms with Crippen molar-refractivity contribution in [3.8, 4) is 17.0 Å². The minimum absolute atomic E-state index is 0. The zero-order valence-corrected chi connectivity index (χ0v) is 17.3. The molecule has 3 N–H and O–H groups in total. The Balaban J connectivity index is 0.00000256. The second-order valence-electron chi connectivity index (χ2n) is 6.27. The first-order valence-electron chi connectivity index (χ1n) is 8.67. The molecule has 30 heavy (non-hydrogen) atoms. The number of rotatable bonds is 4. The maximum absolute atomic E-state index is 13.5. The second-order valence-corrected chi connectivity index (χ2v) is 6.68. The van der Waals surface area contributed by atoms with E-state index >= 15 is 0 Å². The van der Waals surface area contributed by atoms with E-state index in [0.29, 0.717) is 33.1 Å². The van der Waals surface area contributed by atoms with Crippen LogP contribution in [0.5, 0.6) is 5.75 Å². The number of halogens is 3. The summed E-state index contributed by atoms with van der Waals surface area (Å²) in [7, 11) is 1.56. The Morgan fingerprint density at radius 2 is 1.87 bits per heavy atom. The minimum Gasteiger partial charge on any atom is -0.495 e. The van der Waals surface area contributed by atoms with Gasteiger partial charge < -0.3 is 20.4 Å². The van der Waals surface area contributed by atoms with Crippen LogP contribution >= 0.6 is 24.6 Å². The number of nitrogens with zero attached hydrogens (tertiary/aromatic N) is 1. The summed E-state index contributed by atoms with van der Waals surface area (Å²) in [5.74, 6) is -1.18. The number of anilines is 2. The van der Waals surface area contributed by atoms with Crippen LogP contribution in [0.15, 0.2) is 60.9 Å². The van der Waals surface area contributed by atoms with Gasteiger partial charge in [0.1, 0.15) is 5.75 Å². The number of benzene rings is 2. The Morgan fingerprint density at radius 3 is 2.60 bits per heavy atom. The average Bonchev–Trinajstić information content (AvgIpc) is 3.11. The number of aromatic amines is 1. The van der Waals surface area contributed by atoms with Crippen LogP contribution in [0.25, 0.3) is 22.2 Å². The Hall–Kier alpha value is -3.23. The summed E-state index contributed by atoms with van der Waals surface area (Å²) in [5, 5.41) is 7.10. The van der Waals surface area contributed by atoms with Crippen molar-refractivity contribution >= 4 is 52.0 Å². The fourth-order valence-electron chi connectivity index (χ4n) is 2.98. The van der Waals surface area contributed by atoms with Gasteiger partial charge in [-0.3, -0.25) is 4.98 Å². The standard InChI is InChI=1S/C21H16F2N4OS.ClH/c1-28-20-5-4-12(17-9-13-7-15(22)16(23)10-18(13)26-17)8-19(20)27-21(29)25-14-3-2-6-24-11-14;/h2-11,26H,1H3,(H2,25,27,29);1H. The third-order valence-electron chi connectivity index (χ3n) is 4.34. The highest BCUT2D eigenvalue weighted by Crippen LogP contribution is 2.32. The van der Waals surface area contributed by atoms with Crippen LogP contribution in [0.4, 0.5) is 20.2 Å². The number of ether oxygens (including phenoxy) is 1. The third-order valence-corrected chi connectivity index (χ3v) is 4.54. The van der Waals surface area contributed by atoms with E-state index in [-0.39, 0.29) is 12.4 Å². The molecule has 0 saturated heterocycles. The summed E-state index contributed by atoms with van der Waals surface area (Å²) < 4.78 is 32.4. The van der Waals surface area contributed by atoms with Gasteiger partial charge in [0.05, 0.1) is 24.7 Å². The highest BCUT2D eigenvalue weighted by molar-refractivity contribution is 7.80. The van der Waals surface area contributed by atoms with Crippen molar-refractivity contribution in [3.05, 3.63) is 72.6 Å². The molecule has 0 aliphatic carbocycles. The van der Waals surface area contributed by atoms with E-state index in [1.54, 1.807) is 37.7 Å². The summed E-state index contributed by atoms with van der Waals surface area (Å²) in [6, 6.07) is 13.2. The van der Waals surface area contributed by atoms with Gasteiger partial charge in [-0.15, -0.1) is 12.4 Å². The first kappa shape index (κ1) is 21.5. The molecule has 2 heterocycles. The Labute approximate surface area is 182 Å². The summed E-state index contributed by atoms with van der Waals surface area (Å²) >= 11 is 5.37. The number of nitrogens with one attached hydrogen (secondary N) is 3. The number of H-pyrrole nitrogens is 1. The monoisotopic (exact) mass is 446 g/mol. The molecule has 4 rings (SSSR count). The van der Waals surface area contributed by atoms with E-state index in [4.69, 9.17) is 17.0 Å². The van der Waals surface area contributed by atoms with Gasteiger partial charge in [0.2, 0.25) is 0 Å². The van der Waals surface area contributed by atoms with Crippen LogP contribution < -0.4 is 15.4 Å². The zero-order chi connectivity index (χ0) is 20.4. The summed E-state index contributed by atoms with van der Waals surface area (Å²) in [6.45, 7) is 0. The summed E-state index contributed by atoms with van der Waals surface area (Å²) in [6.07, 6.45) is 3.33. The van der Waals surface area contributed by atoms with E-state index in [1.165, 1.54) is 6.07 Å². The average molecular weight is 447 g/mol. The molecule has 9 heteroatoms. The van der Waals surface area contributed by atoms with Crippen LogP contribution in [0.3, 0.4) is 0 Å². The summed E-state index contributed by atoms with van der Waals surface area (Å²) in [4.78, 5) is 7.14. The highest BCUT2D eigenvalue weighted by Gasteiger charge is 2.12. The fraction of sp³-hybridized carbons (Fsp3) is 0.0476. The van der Waals surface area contributed by atoms with Crippen molar-refractivity contribution in [2.24, 2.45) is 0 Å². The lowest BCUT2D eigenvalue weighted by Gasteiger charge is -2.14. The predicted octanol–water partition coefficient (Wildman–Crippen LogP) is 5.75. The molecular weight excluding hydrogens is 430 g/mol. The molecule has 0 bridgehead atoms. The van der Waals surface area contributed by atoms with Gasteiger partial charge in [-0.2, -0.15) is 0 Å². The van der Waals surface area contributed by atoms with Crippen LogP contribution in [0.2, 0.25) is 0 Å². The second kappa shape index (κ2) is 9.06. The molecule has 0 unspecified atom stereocenters. The van der Waals surface area contributed by atoms with E-state index in [9.17, 15) is 8.78 Å². The first-order chi connectivity index (χ1) is 14.0. The number of thiocarbonyl (C=S) groups is 1. The van der Waals surface area contributed by atoms with E-state index in [2.05, 4.69) is 20.6 Å². The van der Waals surface area contributed by atoms with Gasteiger partial charge >= 0.3 is 0 Å². The van der Waals surface area contributed by atoms with Gasteiger partial charge in [0, 0.05) is 34.4 Å². The fourth-order valence-corrected chi connectivity index (χ4v) is 3.20. The van der Waals surface area contributed by atoms with Gasteiger partial charge in [0.25, 0.3) is 0 Å². The Morgan fingerprint density at radius 1 is 1.07 bits per heavy atom. The van der Waals surface area contributed by atoms with E-state index in [1.807, 2.05) is 18.2 Å². The highest BCUT2D eigenvalue weighted by atomic mass is 35.5. The van der Waals surface area contributed by atoms with Crippen LogP contribution in [0, 0.1) is 11.6 Å². The smallest absolute Gasteiger partial charge is 0.175 e. The van der Waals surface area contributed by atoms with Gasteiger partial charge in [-0.25, -0.2) is 8.78 Å². The molecule has 0 atom stereocenters. The predicted molar refractivity (Wildman–Crippen MR) is 122 cm³/mol. The quantitative estimate of drug-likeness (QED) is 0.348. The number of methoxy groups -OCH3 is 1. The number of hydrogen-bond acceptors (Lipinski definition) is 3. The molecule has 2 aromatic heterocycles. The lowest BCUT2D eigenvalue weighted by atomic mass is 10.1. The molecule has 154 valence electrons. The normalized spacial score (nSPS) is 10.4. The Kier molecular flexibility index (Phi) is 6.49.